The Balaban J connectivity index is 1.36. The van der Waals surface area contributed by atoms with Crippen molar-refractivity contribution in [3.05, 3.63) is 29.3 Å². The first-order valence-electron chi connectivity index (χ1n) is 11.5. The van der Waals surface area contributed by atoms with E-state index in [1.165, 1.54) is 9.87 Å². The molecule has 3 aliphatic rings. The van der Waals surface area contributed by atoms with Crippen LogP contribution in [0.1, 0.15) is 50.2 Å². The molecule has 1 unspecified atom stereocenters. The maximum absolute atomic E-state index is 13.1. The summed E-state index contributed by atoms with van der Waals surface area (Å²) in [5.41, 5.74) is 2.40. The molecule has 0 bridgehead atoms. The highest BCUT2D eigenvalue weighted by atomic mass is 32.2. The summed E-state index contributed by atoms with van der Waals surface area (Å²) in [7, 11) is -3.54. The molecule has 2 heterocycles. The van der Waals surface area contributed by atoms with Crippen LogP contribution >= 0.6 is 0 Å². The van der Waals surface area contributed by atoms with Crippen molar-refractivity contribution in [2.24, 2.45) is 11.8 Å². The molecule has 1 aliphatic carbocycles. The van der Waals surface area contributed by atoms with E-state index in [4.69, 9.17) is 4.74 Å². The summed E-state index contributed by atoms with van der Waals surface area (Å²) < 4.78 is 32.9. The average Bonchev–Trinajstić information content (AvgIpc) is 3.27. The molecule has 0 spiro atoms. The van der Waals surface area contributed by atoms with Crippen molar-refractivity contribution in [2.75, 3.05) is 32.8 Å². The Bertz CT molecular complexity index is 937. The van der Waals surface area contributed by atoms with Crippen molar-refractivity contribution < 1.29 is 22.7 Å². The third kappa shape index (κ3) is 4.65. The summed E-state index contributed by atoms with van der Waals surface area (Å²) in [4.78, 5) is 27.3. The van der Waals surface area contributed by atoms with E-state index in [2.05, 4.69) is 0 Å². The highest BCUT2D eigenvalue weighted by molar-refractivity contribution is 7.89. The van der Waals surface area contributed by atoms with Gasteiger partial charge < -0.3 is 9.64 Å². The van der Waals surface area contributed by atoms with Gasteiger partial charge >= 0.3 is 5.97 Å². The molecule has 0 saturated carbocycles. The third-order valence-corrected chi connectivity index (χ3v) is 8.76. The van der Waals surface area contributed by atoms with Crippen molar-refractivity contribution in [3.8, 4) is 0 Å². The fourth-order valence-electron chi connectivity index (χ4n) is 5.09. The van der Waals surface area contributed by atoms with Crippen molar-refractivity contribution in [3.63, 3.8) is 0 Å². The first-order valence-corrected chi connectivity index (χ1v) is 12.9. The van der Waals surface area contributed by atoms with Crippen LogP contribution in [0.2, 0.25) is 0 Å². The van der Waals surface area contributed by atoms with E-state index in [-0.39, 0.29) is 23.7 Å². The number of hydrogen-bond acceptors (Lipinski definition) is 5. The summed E-state index contributed by atoms with van der Waals surface area (Å²) >= 11 is 0. The van der Waals surface area contributed by atoms with Gasteiger partial charge in [-0.05, 0) is 75.1 Å². The van der Waals surface area contributed by atoms with Gasteiger partial charge in [0.25, 0.3) is 0 Å². The Labute approximate surface area is 184 Å². The number of ether oxygens (including phenoxy) is 1. The molecule has 4 rings (SSSR count). The molecule has 1 atom stereocenters. The maximum atomic E-state index is 13.1. The molecule has 0 aromatic heterocycles. The van der Waals surface area contributed by atoms with E-state index in [1.54, 1.807) is 17.9 Å². The molecule has 170 valence electrons. The van der Waals surface area contributed by atoms with E-state index in [0.717, 1.165) is 37.7 Å². The van der Waals surface area contributed by atoms with Gasteiger partial charge in [0, 0.05) is 32.1 Å². The molecule has 2 aliphatic heterocycles. The third-order valence-electron chi connectivity index (χ3n) is 6.86. The first-order chi connectivity index (χ1) is 14.9. The van der Waals surface area contributed by atoms with Crippen molar-refractivity contribution >= 4 is 21.9 Å². The molecule has 1 aromatic carbocycles. The van der Waals surface area contributed by atoms with Crippen LogP contribution in [0, 0.1) is 11.8 Å². The second-order valence-corrected chi connectivity index (χ2v) is 10.8. The molecule has 8 heteroatoms. The number of carbonyl (C=O) groups excluding carboxylic acids is 2. The summed E-state index contributed by atoms with van der Waals surface area (Å²) in [5, 5.41) is 0. The number of carbonyl (C=O) groups is 2. The van der Waals surface area contributed by atoms with Crippen LogP contribution in [-0.4, -0.2) is 62.3 Å². The maximum Gasteiger partial charge on any atom is 0.310 e. The van der Waals surface area contributed by atoms with Crippen LogP contribution in [0.3, 0.4) is 0 Å². The Morgan fingerprint density at radius 3 is 2.48 bits per heavy atom. The highest BCUT2D eigenvalue weighted by Crippen LogP contribution is 2.30. The number of hydrogen-bond donors (Lipinski definition) is 0. The van der Waals surface area contributed by atoms with Crippen LogP contribution in [0.4, 0.5) is 0 Å². The summed E-state index contributed by atoms with van der Waals surface area (Å²) in [6, 6.07) is 5.50. The van der Waals surface area contributed by atoms with Crippen LogP contribution in [0.5, 0.6) is 0 Å². The van der Waals surface area contributed by atoms with E-state index in [1.807, 2.05) is 12.1 Å². The molecular formula is C23H32N2O5S. The van der Waals surface area contributed by atoms with Gasteiger partial charge in [0.1, 0.15) is 0 Å². The monoisotopic (exact) mass is 448 g/mol. The number of esters is 1. The zero-order valence-electron chi connectivity index (χ0n) is 18.2. The standard InChI is InChI=1S/C23H32N2O5S/c1-2-30-23(27)20-7-4-12-24(16-20)22(26)18-10-13-25(14-11-18)31(28,29)21-9-8-17-5-3-6-19(17)15-21/h8-9,15,18,20H,2-7,10-14,16H2,1H3. The number of rotatable bonds is 5. The van der Waals surface area contributed by atoms with Gasteiger partial charge in [0.15, 0.2) is 0 Å². The minimum Gasteiger partial charge on any atom is -0.466 e. The minimum atomic E-state index is -3.54. The fourth-order valence-corrected chi connectivity index (χ4v) is 6.61. The van der Waals surface area contributed by atoms with E-state index in [0.29, 0.717) is 50.5 Å². The normalized spacial score (nSPS) is 22.9. The lowest BCUT2D eigenvalue weighted by atomic mass is 9.93. The number of piperidine rings is 2. The Kier molecular flexibility index (Phi) is 6.67. The van der Waals surface area contributed by atoms with E-state index in [9.17, 15) is 18.0 Å². The minimum absolute atomic E-state index is 0.0450. The van der Waals surface area contributed by atoms with Crippen LogP contribution < -0.4 is 0 Å². The van der Waals surface area contributed by atoms with Gasteiger partial charge in [-0.15, -0.1) is 0 Å². The Morgan fingerprint density at radius 1 is 1.00 bits per heavy atom. The number of likely N-dealkylation sites (tertiary alicyclic amines) is 1. The largest absolute Gasteiger partial charge is 0.466 e. The SMILES string of the molecule is CCOC(=O)C1CCCN(C(=O)C2CCN(S(=O)(=O)c3ccc4c(c3)CCC4)CC2)C1. The quantitative estimate of drug-likeness (QED) is 0.646. The molecule has 2 saturated heterocycles. The van der Waals surface area contributed by atoms with Gasteiger partial charge in [0.2, 0.25) is 15.9 Å². The number of nitrogens with zero attached hydrogens (tertiary/aromatic N) is 2. The van der Waals surface area contributed by atoms with Gasteiger partial charge in [-0.2, -0.15) is 4.31 Å². The lowest BCUT2D eigenvalue weighted by molar-refractivity contribution is -0.152. The first kappa shape index (κ1) is 22.3. The Hall–Kier alpha value is -1.93. The van der Waals surface area contributed by atoms with Crippen molar-refractivity contribution in [1.29, 1.82) is 0 Å². The van der Waals surface area contributed by atoms with Crippen LogP contribution in [-0.2, 0) is 37.2 Å². The predicted molar refractivity (Wildman–Crippen MR) is 116 cm³/mol. The highest BCUT2D eigenvalue weighted by Gasteiger charge is 2.36. The molecule has 1 amide bonds. The molecule has 0 N–H and O–H groups in total. The average molecular weight is 449 g/mol. The lowest BCUT2D eigenvalue weighted by Gasteiger charge is -2.37. The second-order valence-electron chi connectivity index (χ2n) is 8.84. The summed E-state index contributed by atoms with van der Waals surface area (Å²) in [6.07, 6.45) is 5.63. The molecule has 2 fully saturated rings. The number of aryl methyl sites for hydroxylation is 2. The number of fused-ring (bicyclic) bond motifs is 1. The summed E-state index contributed by atoms with van der Waals surface area (Å²) in [6.45, 7) is 3.90. The van der Waals surface area contributed by atoms with Gasteiger partial charge in [-0.1, -0.05) is 6.07 Å². The number of amides is 1. The molecular weight excluding hydrogens is 416 g/mol. The fraction of sp³-hybridized carbons (Fsp3) is 0.652. The predicted octanol–water partition coefficient (Wildman–Crippen LogP) is 2.38. The van der Waals surface area contributed by atoms with Crippen LogP contribution in [0.25, 0.3) is 0 Å². The number of benzene rings is 1. The van der Waals surface area contributed by atoms with E-state index < -0.39 is 10.0 Å². The summed E-state index contributed by atoms with van der Waals surface area (Å²) in [5.74, 6) is -0.621. The lowest BCUT2D eigenvalue weighted by Crippen LogP contribution is -2.48. The Morgan fingerprint density at radius 2 is 1.74 bits per heavy atom. The second kappa shape index (κ2) is 9.28. The zero-order valence-corrected chi connectivity index (χ0v) is 19.0. The van der Waals surface area contributed by atoms with Crippen molar-refractivity contribution in [2.45, 2.75) is 56.8 Å². The molecule has 31 heavy (non-hydrogen) atoms. The molecule has 0 radical (unpaired) electrons. The van der Waals surface area contributed by atoms with E-state index >= 15 is 0 Å². The van der Waals surface area contributed by atoms with Crippen molar-refractivity contribution in [1.82, 2.24) is 9.21 Å². The smallest absolute Gasteiger partial charge is 0.310 e. The van der Waals surface area contributed by atoms with Gasteiger partial charge in [-0.25, -0.2) is 8.42 Å². The molecule has 7 nitrogen and oxygen atoms in total. The number of sulfonamides is 1. The van der Waals surface area contributed by atoms with Gasteiger partial charge in [0.05, 0.1) is 17.4 Å². The topological polar surface area (TPSA) is 84.0 Å². The van der Waals surface area contributed by atoms with Crippen LogP contribution in [0.15, 0.2) is 23.1 Å². The van der Waals surface area contributed by atoms with Gasteiger partial charge in [-0.3, -0.25) is 9.59 Å². The molecule has 1 aromatic rings. The zero-order chi connectivity index (χ0) is 22.0.